The van der Waals surface area contributed by atoms with Gasteiger partial charge in [-0.05, 0) is 35.4 Å². The fourth-order valence-electron chi connectivity index (χ4n) is 2.49. The second kappa shape index (κ2) is 10.4. The van der Waals surface area contributed by atoms with E-state index in [-0.39, 0.29) is 12.4 Å². The predicted molar refractivity (Wildman–Crippen MR) is 104 cm³/mol. The van der Waals surface area contributed by atoms with Crippen LogP contribution in [0.15, 0.2) is 55.0 Å². The number of hydrogen-bond donors (Lipinski definition) is 1. The Morgan fingerprint density at radius 2 is 1.72 bits per heavy atom. The molecule has 3 aromatic rings. The maximum atomic E-state index is 13.2. The lowest BCUT2D eigenvalue weighted by atomic mass is 9.97. The van der Waals surface area contributed by atoms with Gasteiger partial charge in [-0.15, -0.1) is 0 Å². The van der Waals surface area contributed by atoms with Gasteiger partial charge < -0.3 is 19.3 Å². The van der Waals surface area contributed by atoms with Crippen LogP contribution in [0.1, 0.15) is 10.5 Å². The molecule has 0 bridgehead atoms. The van der Waals surface area contributed by atoms with Gasteiger partial charge in [-0.25, -0.2) is 20.6 Å². The van der Waals surface area contributed by atoms with Crippen LogP contribution < -0.4 is 0 Å². The van der Waals surface area contributed by atoms with Crippen molar-refractivity contribution in [1.29, 1.82) is 0 Å². The molecule has 0 aliphatic carbocycles. The van der Waals surface area contributed by atoms with Crippen molar-refractivity contribution < 1.29 is 23.5 Å². The van der Waals surface area contributed by atoms with Crippen LogP contribution in [0.2, 0.25) is 0 Å². The number of aromatic nitrogens is 2. The Hall–Kier alpha value is -3.99. The zero-order chi connectivity index (χ0) is 21.2. The first-order chi connectivity index (χ1) is 14.0. The highest BCUT2D eigenvalue weighted by Gasteiger charge is 2.20. The van der Waals surface area contributed by atoms with E-state index in [0.717, 1.165) is 16.7 Å². The molecule has 7 nitrogen and oxygen atoms in total. The lowest BCUT2D eigenvalue weighted by Gasteiger charge is -2.07. The maximum Gasteiger partial charge on any atom is 0.386 e. The summed E-state index contributed by atoms with van der Waals surface area (Å²) < 4.78 is 22.1. The van der Waals surface area contributed by atoms with Gasteiger partial charge in [0.2, 0.25) is 0 Å². The first-order valence-electron chi connectivity index (χ1n) is 8.37. The summed E-state index contributed by atoms with van der Waals surface area (Å²) >= 11 is 0. The third kappa shape index (κ3) is 5.49. The topological polar surface area (TPSA) is 85.6 Å². The summed E-state index contributed by atoms with van der Waals surface area (Å²) in [7, 11) is 2.58. The molecule has 0 unspecified atom stereocenters. The van der Waals surface area contributed by atoms with Crippen molar-refractivity contribution in [2.45, 2.75) is 0 Å². The summed E-state index contributed by atoms with van der Waals surface area (Å²) in [6.07, 6.45) is 5.09. The largest absolute Gasteiger partial charge is 0.464 e. The van der Waals surface area contributed by atoms with Crippen molar-refractivity contribution in [3.8, 4) is 22.3 Å². The van der Waals surface area contributed by atoms with E-state index in [1.807, 2.05) is 12.1 Å². The van der Waals surface area contributed by atoms with Crippen LogP contribution in [0.4, 0.5) is 4.39 Å². The number of rotatable bonds is 4. The van der Waals surface area contributed by atoms with Crippen LogP contribution in [0.25, 0.3) is 27.1 Å². The number of H-pyrrole nitrogens is 1. The fraction of sp³-hybridized carbons (Fsp3) is 0.143. The number of hydrogen-bond acceptors (Lipinski definition) is 5. The molecule has 29 heavy (non-hydrogen) atoms. The van der Waals surface area contributed by atoms with E-state index in [1.54, 1.807) is 30.7 Å². The fourth-order valence-corrected chi connectivity index (χ4v) is 2.49. The van der Waals surface area contributed by atoms with E-state index < -0.39 is 11.9 Å². The second-order valence-electron chi connectivity index (χ2n) is 5.58. The van der Waals surface area contributed by atoms with E-state index in [4.69, 9.17) is 11.3 Å². The first kappa shape index (κ1) is 21.3. The van der Waals surface area contributed by atoms with E-state index in [2.05, 4.69) is 19.5 Å². The van der Waals surface area contributed by atoms with Crippen LogP contribution in [0, 0.1) is 12.4 Å². The molecule has 0 aliphatic heterocycles. The van der Waals surface area contributed by atoms with Gasteiger partial charge in [0.05, 0.1) is 14.2 Å². The zero-order valence-electron chi connectivity index (χ0n) is 15.8. The van der Waals surface area contributed by atoms with Crippen molar-refractivity contribution in [3.05, 3.63) is 77.9 Å². The Labute approximate surface area is 166 Å². The quantitative estimate of drug-likeness (QED) is 0.537. The lowest BCUT2D eigenvalue weighted by Crippen LogP contribution is -2.03. The molecule has 0 fully saturated rings. The molecule has 0 saturated carbocycles. The Morgan fingerprint density at radius 3 is 2.24 bits per heavy atom. The van der Waals surface area contributed by atoms with Crippen LogP contribution in [0.3, 0.4) is 0 Å². The van der Waals surface area contributed by atoms with Crippen molar-refractivity contribution >= 4 is 11.9 Å². The molecule has 148 valence electrons. The lowest BCUT2D eigenvalue weighted by molar-refractivity contribution is -0.138. The molecule has 0 aliphatic rings. The Kier molecular flexibility index (Phi) is 7.62. The van der Waals surface area contributed by atoms with E-state index in [1.165, 1.54) is 26.4 Å². The number of pyridine rings is 1. The number of nitrogens with zero attached hydrogens (tertiary/aromatic N) is 2. The van der Waals surface area contributed by atoms with Gasteiger partial charge in [-0.3, -0.25) is 4.98 Å². The number of halogens is 1. The molecule has 2 aromatic heterocycles. The van der Waals surface area contributed by atoms with Gasteiger partial charge in [0.15, 0.2) is 0 Å². The van der Waals surface area contributed by atoms with E-state index in [0.29, 0.717) is 11.3 Å². The normalized spacial score (nSPS) is 9.59. The number of carbonyl (C=O) groups excluding carboxylic acids is 2. The molecule has 0 atom stereocenters. The van der Waals surface area contributed by atoms with Crippen LogP contribution >= 0.6 is 0 Å². The smallest absolute Gasteiger partial charge is 0.386 e. The minimum atomic E-state index is -0.477. The highest BCUT2D eigenvalue weighted by molar-refractivity contribution is 6.01. The molecule has 0 radical (unpaired) electrons. The molecule has 3 rings (SSSR count). The molecule has 1 N–H and O–H groups in total. The van der Waals surface area contributed by atoms with Gasteiger partial charge in [-0.2, -0.15) is 0 Å². The number of esters is 2. The summed E-state index contributed by atoms with van der Waals surface area (Å²) in [4.78, 5) is 31.7. The number of aromatic amines is 1. The SMILES string of the molecule is COC(=O)c1[nH]cc(-c2ccncc2)c1-c1ccc(F)cc1.[C-]#[N+]CC(=O)OC. The predicted octanol–water partition coefficient (Wildman–Crippen LogP) is 3.75. The summed E-state index contributed by atoms with van der Waals surface area (Å²) in [6.45, 7) is 5.99. The highest BCUT2D eigenvalue weighted by atomic mass is 19.1. The monoisotopic (exact) mass is 395 g/mol. The van der Waals surface area contributed by atoms with Crippen molar-refractivity contribution in [1.82, 2.24) is 9.97 Å². The van der Waals surface area contributed by atoms with Gasteiger partial charge >= 0.3 is 18.5 Å². The van der Waals surface area contributed by atoms with Gasteiger partial charge in [0, 0.05) is 29.7 Å². The van der Waals surface area contributed by atoms with Crippen LogP contribution in [-0.2, 0) is 14.3 Å². The van der Waals surface area contributed by atoms with E-state index in [9.17, 15) is 14.0 Å². The van der Waals surface area contributed by atoms with Gasteiger partial charge in [0.25, 0.3) is 0 Å². The molecule has 0 spiro atoms. The third-order valence-electron chi connectivity index (χ3n) is 3.83. The average Bonchev–Trinajstić information content (AvgIpc) is 3.20. The highest BCUT2D eigenvalue weighted by Crippen LogP contribution is 2.35. The number of benzene rings is 1. The number of methoxy groups -OCH3 is 2. The zero-order valence-corrected chi connectivity index (χ0v) is 15.8. The summed E-state index contributed by atoms with van der Waals surface area (Å²) in [5.74, 6) is -1.28. The maximum absolute atomic E-state index is 13.2. The minimum absolute atomic E-state index is 0.170. The molecule has 1 aromatic carbocycles. The summed E-state index contributed by atoms with van der Waals surface area (Å²) in [5.41, 5.74) is 3.48. The molecular weight excluding hydrogens is 377 g/mol. The Morgan fingerprint density at radius 1 is 1.07 bits per heavy atom. The minimum Gasteiger partial charge on any atom is -0.464 e. The van der Waals surface area contributed by atoms with Crippen molar-refractivity contribution in [2.24, 2.45) is 0 Å². The molecular formula is C21H18FN3O4. The number of carbonyl (C=O) groups is 2. The molecule has 0 amide bonds. The van der Waals surface area contributed by atoms with E-state index >= 15 is 0 Å². The summed E-state index contributed by atoms with van der Waals surface area (Å²) in [5, 5.41) is 0. The second-order valence-corrected chi connectivity index (χ2v) is 5.58. The van der Waals surface area contributed by atoms with Crippen molar-refractivity contribution in [3.63, 3.8) is 0 Å². The Balaban J connectivity index is 0.000000370. The number of nitrogens with one attached hydrogen (secondary N) is 1. The number of ether oxygens (including phenoxy) is 2. The van der Waals surface area contributed by atoms with Gasteiger partial charge in [-0.1, -0.05) is 12.1 Å². The first-order valence-corrected chi connectivity index (χ1v) is 8.37. The molecule has 8 heteroatoms. The molecule has 2 heterocycles. The third-order valence-corrected chi connectivity index (χ3v) is 3.83. The average molecular weight is 395 g/mol. The van der Waals surface area contributed by atoms with Gasteiger partial charge in [0.1, 0.15) is 11.5 Å². The Bertz CT molecular complexity index is 1010. The van der Waals surface area contributed by atoms with Crippen molar-refractivity contribution in [2.75, 3.05) is 20.8 Å². The summed E-state index contributed by atoms with van der Waals surface area (Å²) in [6, 6.07) is 9.68. The van der Waals surface area contributed by atoms with Crippen LogP contribution in [-0.4, -0.2) is 42.7 Å². The standard InChI is InChI=1S/C17H13FN2O2.C4H5NO2/c1-22-17(21)16-15(12-2-4-13(18)5-3-12)14(10-20-16)11-6-8-19-9-7-11;1-5-3-4(6)7-2/h2-10,20H,1H3;3H2,2H3. The van der Waals surface area contributed by atoms with Crippen LogP contribution in [0.5, 0.6) is 0 Å². The molecule has 0 saturated heterocycles.